The van der Waals surface area contributed by atoms with Crippen molar-refractivity contribution in [2.24, 2.45) is 4.99 Å². The summed E-state index contributed by atoms with van der Waals surface area (Å²) in [5.41, 5.74) is 2.27. The molecule has 0 spiro atoms. The molecule has 0 aliphatic carbocycles. The Balaban J connectivity index is 0.00000320. The van der Waals surface area contributed by atoms with E-state index in [1.807, 2.05) is 29.1 Å². The second-order valence-electron chi connectivity index (χ2n) is 7.13. The molecule has 1 aromatic carbocycles. The van der Waals surface area contributed by atoms with Crippen LogP contribution in [0.3, 0.4) is 0 Å². The molecule has 30 heavy (non-hydrogen) atoms. The van der Waals surface area contributed by atoms with Crippen LogP contribution in [0.25, 0.3) is 5.69 Å². The number of benzene rings is 1. The van der Waals surface area contributed by atoms with Crippen LogP contribution in [-0.2, 0) is 15.9 Å². The van der Waals surface area contributed by atoms with E-state index >= 15 is 0 Å². The average Bonchev–Trinajstić information content (AvgIpc) is 3.43. The number of halogens is 1. The van der Waals surface area contributed by atoms with Gasteiger partial charge in [0.05, 0.1) is 24.6 Å². The highest BCUT2D eigenvalue weighted by Crippen LogP contribution is 2.12. The Morgan fingerprint density at radius 3 is 2.93 bits per heavy atom. The highest BCUT2D eigenvalue weighted by atomic mass is 127. The first kappa shape index (κ1) is 24.6. The standard InChI is InChI=1S/C22H33N5O2.HI/c1-2-23-22(24-12-7-14-28-18-21-10-6-15-29-21)25-13-11-19-16-26-27(17-19)20-8-4-3-5-9-20;/h3-5,8-9,16-17,21H,2,6-7,10-15,18H2,1H3,(H2,23,24,25);1H. The molecule has 1 saturated heterocycles. The maximum atomic E-state index is 5.69. The molecular weight excluding hydrogens is 493 g/mol. The maximum Gasteiger partial charge on any atom is 0.191 e. The van der Waals surface area contributed by atoms with Gasteiger partial charge in [-0.3, -0.25) is 4.99 Å². The van der Waals surface area contributed by atoms with E-state index in [2.05, 4.69) is 46.0 Å². The van der Waals surface area contributed by atoms with E-state index < -0.39 is 0 Å². The van der Waals surface area contributed by atoms with E-state index in [1.54, 1.807) is 0 Å². The lowest BCUT2D eigenvalue weighted by Crippen LogP contribution is -2.38. The summed E-state index contributed by atoms with van der Waals surface area (Å²) in [4.78, 5) is 4.63. The van der Waals surface area contributed by atoms with Gasteiger partial charge in [-0.2, -0.15) is 5.10 Å². The van der Waals surface area contributed by atoms with Gasteiger partial charge >= 0.3 is 0 Å². The fourth-order valence-electron chi connectivity index (χ4n) is 3.23. The topological polar surface area (TPSA) is 72.7 Å². The average molecular weight is 527 g/mol. The third-order valence-corrected chi connectivity index (χ3v) is 4.75. The Morgan fingerprint density at radius 2 is 2.17 bits per heavy atom. The highest BCUT2D eigenvalue weighted by molar-refractivity contribution is 14.0. The Morgan fingerprint density at radius 1 is 1.30 bits per heavy atom. The largest absolute Gasteiger partial charge is 0.379 e. The van der Waals surface area contributed by atoms with Gasteiger partial charge in [0.25, 0.3) is 0 Å². The van der Waals surface area contributed by atoms with Gasteiger partial charge in [0, 0.05) is 39.0 Å². The zero-order valence-corrected chi connectivity index (χ0v) is 20.1. The van der Waals surface area contributed by atoms with Crippen LogP contribution in [0.5, 0.6) is 0 Å². The summed E-state index contributed by atoms with van der Waals surface area (Å²) in [5, 5.41) is 11.1. The van der Waals surface area contributed by atoms with Gasteiger partial charge in [-0.1, -0.05) is 18.2 Å². The minimum absolute atomic E-state index is 0. The molecule has 0 amide bonds. The highest BCUT2D eigenvalue weighted by Gasteiger charge is 2.14. The third-order valence-electron chi connectivity index (χ3n) is 4.75. The first-order valence-corrected chi connectivity index (χ1v) is 10.7. The molecule has 1 aliphatic heterocycles. The van der Waals surface area contributed by atoms with Gasteiger partial charge < -0.3 is 20.1 Å². The van der Waals surface area contributed by atoms with Crippen molar-refractivity contribution < 1.29 is 9.47 Å². The molecule has 2 aromatic rings. The number of rotatable bonds is 11. The summed E-state index contributed by atoms with van der Waals surface area (Å²) in [5.74, 6) is 0.849. The Bertz CT molecular complexity index is 732. The molecule has 7 nitrogen and oxygen atoms in total. The Kier molecular flexibility index (Phi) is 11.8. The molecule has 0 saturated carbocycles. The molecule has 1 aromatic heterocycles. The van der Waals surface area contributed by atoms with E-state index in [0.29, 0.717) is 12.7 Å². The smallest absolute Gasteiger partial charge is 0.191 e. The van der Waals surface area contributed by atoms with Crippen molar-refractivity contribution in [2.45, 2.75) is 38.7 Å². The van der Waals surface area contributed by atoms with Gasteiger partial charge in [-0.05, 0) is 50.3 Å². The minimum atomic E-state index is 0. The summed E-state index contributed by atoms with van der Waals surface area (Å²) >= 11 is 0. The van der Waals surface area contributed by atoms with Crippen molar-refractivity contribution in [3.8, 4) is 5.69 Å². The van der Waals surface area contributed by atoms with E-state index in [-0.39, 0.29) is 24.0 Å². The van der Waals surface area contributed by atoms with Crippen LogP contribution in [0.1, 0.15) is 31.7 Å². The SMILES string of the molecule is CCNC(=NCCCOCC1CCCO1)NCCc1cnn(-c2ccccc2)c1.I. The molecule has 2 heterocycles. The second kappa shape index (κ2) is 14.4. The third kappa shape index (κ3) is 8.61. The van der Waals surface area contributed by atoms with Crippen LogP contribution in [0.2, 0.25) is 0 Å². The zero-order chi connectivity index (χ0) is 20.2. The van der Waals surface area contributed by atoms with E-state index in [0.717, 1.165) is 70.2 Å². The summed E-state index contributed by atoms with van der Waals surface area (Å²) in [6, 6.07) is 10.1. The van der Waals surface area contributed by atoms with Crippen LogP contribution >= 0.6 is 24.0 Å². The second-order valence-corrected chi connectivity index (χ2v) is 7.13. The number of ether oxygens (including phenoxy) is 2. The maximum absolute atomic E-state index is 5.69. The first-order chi connectivity index (χ1) is 14.3. The van der Waals surface area contributed by atoms with Crippen LogP contribution in [-0.4, -0.2) is 61.3 Å². The number of nitrogens with one attached hydrogen (secondary N) is 2. The summed E-state index contributed by atoms with van der Waals surface area (Å²) in [6.07, 6.45) is 8.37. The molecule has 1 aliphatic rings. The number of para-hydroxylation sites is 1. The molecule has 0 bridgehead atoms. The predicted octanol–water partition coefficient (Wildman–Crippen LogP) is 3.17. The van der Waals surface area contributed by atoms with Crippen LogP contribution in [0.4, 0.5) is 0 Å². The van der Waals surface area contributed by atoms with Crippen molar-refractivity contribution in [1.29, 1.82) is 0 Å². The monoisotopic (exact) mass is 527 g/mol. The number of aliphatic imine (C=N–C) groups is 1. The van der Waals surface area contributed by atoms with E-state index in [4.69, 9.17) is 9.47 Å². The summed E-state index contributed by atoms with van der Waals surface area (Å²) in [6.45, 7) is 6.77. The molecule has 166 valence electrons. The molecule has 3 rings (SSSR count). The van der Waals surface area contributed by atoms with Crippen molar-refractivity contribution >= 4 is 29.9 Å². The van der Waals surface area contributed by atoms with Gasteiger partial charge in [0.2, 0.25) is 0 Å². The zero-order valence-electron chi connectivity index (χ0n) is 17.8. The number of guanidine groups is 1. The van der Waals surface area contributed by atoms with Crippen molar-refractivity contribution in [1.82, 2.24) is 20.4 Å². The molecule has 0 radical (unpaired) electrons. The lowest BCUT2D eigenvalue weighted by molar-refractivity contribution is 0.0171. The predicted molar refractivity (Wildman–Crippen MR) is 131 cm³/mol. The van der Waals surface area contributed by atoms with Crippen molar-refractivity contribution in [3.63, 3.8) is 0 Å². The summed E-state index contributed by atoms with van der Waals surface area (Å²) in [7, 11) is 0. The fourth-order valence-corrected chi connectivity index (χ4v) is 3.23. The van der Waals surface area contributed by atoms with E-state index in [1.165, 1.54) is 5.56 Å². The molecule has 8 heteroatoms. The Labute approximate surface area is 196 Å². The molecule has 1 fully saturated rings. The first-order valence-electron chi connectivity index (χ1n) is 10.7. The van der Waals surface area contributed by atoms with Crippen LogP contribution < -0.4 is 10.6 Å². The van der Waals surface area contributed by atoms with Crippen molar-refractivity contribution in [3.05, 3.63) is 48.3 Å². The molecular formula is C22H34IN5O2. The fraction of sp³-hybridized carbons (Fsp3) is 0.545. The normalized spacial score (nSPS) is 16.3. The number of hydrogen-bond acceptors (Lipinski definition) is 4. The van der Waals surface area contributed by atoms with E-state index in [9.17, 15) is 0 Å². The minimum Gasteiger partial charge on any atom is -0.379 e. The van der Waals surface area contributed by atoms with Crippen LogP contribution in [0, 0.1) is 0 Å². The molecule has 1 unspecified atom stereocenters. The quantitative estimate of drug-likeness (QED) is 0.203. The summed E-state index contributed by atoms with van der Waals surface area (Å²) < 4.78 is 13.2. The number of aromatic nitrogens is 2. The molecule has 2 N–H and O–H groups in total. The number of nitrogens with zero attached hydrogens (tertiary/aromatic N) is 3. The van der Waals surface area contributed by atoms with Crippen molar-refractivity contribution in [2.75, 3.05) is 39.5 Å². The van der Waals surface area contributed by atoms with Gasteiger partial charge in [0.1, 0.15) is 0 Å². The van der Waals surface area contributed by atoms with Gasteiger partial charge in [0.15, 0.2) is 5.96 Å². The lowest BCUT2D eigenvalue weighted by atomic mass is 10.2. The van der Waals surface area contributed by atoms with Crippen LogP contribution in [0.15, 0.2) is 47.7 Å². The lowest BCUT2D eigenvalue weighted by Gasteiger charge is -2.11. The van der Waals surface area contributed by atoms with Gasteiger partial charge in [-0.15, -0.1) is 24.0 Å². The number of hydrogen-bond donors (Lipinski definition) is 2. The molecule has 1 atom stereocenters. The Hall–Kier alpha value is -1.65. The van der Waals surface area contributed by atoms with Gasteiger partial charge in [-0.25, -0.2) is 4.68 Å².